The van der Waals surface area contributed by atoms with Gasteiger partial charge in [0, 0.05) is 23.9 Å². The van der Waals surface area contributed by atoms with E-state index in [0.717, 1.165) is 22.4 Å². The van der Waals surface area contributed by atoms with Crippen LogP contribution in [-0.4, -0.2) is 35.5 Å². The van der Waals surface area contributed by atoms with E-state index in [9.17, 15) is 4.79 Å². The molecule has 7 heteroatoms. The van der Waals surface area contributed by atoms with E-state index < -0.39 is 5.54 Å². The van der Waals surface area contributed by atoms with Crippen LogP contribution < -0.4 is 19.7 Å². The third-order valence-corrected chi connectivity index (χ3v) is 6.06. The van der Waals surface area contributed by atoms with Crippen LogP contribution in [0, 0.1) is 0 Å². The zero-order chi connectivity index (χ0) is 23.9. The molecule has 4 aromatic rings. The molecule has 0 fully saturated rings. The van der Waals surface area contributed by atoms with Gasteiger partial charge in [0.15, 0.2) is 5.78 Å². The molecule has 1 aliphatic heterocycles. The molecule has 0 saturated carbocycles. The van der Waals surface area contributed by atoms with Crippen LogP contribution in [0.5, 0.6) is 11.5 Å². The first-order chi connectivity index (χ1) is 16.4. The Morgan fingerprint density at radius 1 is 0.912 bits per heavy atom. The minimum Gasteiger partial charge on any atom is -0.497 e. The highest BCUT2D eigenvalue weighted by Crippen LogP contribution is 2.44. The van der Waals surface area contributed by atoms with Gasteiger partial charge in [0.1, 0.15) is 34.3 Å². The van der Waals surface area contributed by atoms with Crippen LogP contribution in [0.1, 0.15) is 19.7 Å². The van der Waals surface area contributed by atoms with Crippen molar-refractivity contribution in [1.29, 1.82) is 0 Å². The number of anilines is 2. The van der Waals surface area contributed by atoms with Crippen LogP contribution in [-0.2, 0) is 4.79 Å². The van der Waals surface area contributed by atoms with E-state index in [0.29, 0.717) is 28.7 Å². The Bertz CT molecular complexity index is 1350. The van der Waals surface area contributed by atoms with Crippen molar-refractivity contribution in [2.45, 2.75) is 19.4 Å². The number of methoxy groups -OCH3 is 2. The molecule has 3 aromatic carbocycles. The summed E-state index contributed by atoms with van der Waals surface area (Å²) in [6.45, 7) is 3.81. The van der Waals surface area contributed by atoms with Gasteiger partial charge in [0.25, 0.3) is 0 Å². The molecule has 5 rings (SSSR count). The number of ketones is 1. The van der Waals surface area contributed by atoms with Gasteiger partial charge in [-0.05, 0) is 38.1 Å². The highest BCUT2D eigenvalue weighted by molar-refractivity contribution is 6.30. The molecule has 0 bridgehead atoms. The monoisotopic (exact) mass is 454 g/mol. The van der Waals surface area contributed by atoms with Crippen molar-refractivity contribution in [3.05, 3.63) is 84.4 Å². The van der Waals surface area contributed by atoms with Crippen molar-refractivity contribution < 1.29 is 14.3 Å². The number of para-hydroxylation sites is 3. The van der Waals surface area contributed by atoms with Gasteiger partial charge in [-0.25, -0.2) is 4.98 Å². The summed E-state index contributed by atoms with van der Waals surface area (Å²) >= 11 is 0. The van der Waals surface area contributed by atoms with Crippen LogP contribution in [0.15, 0.2) is 78.6 Å². The fourth-order valence-corrected chi connectivity index (χ4v) is 4.35. The summed E-state index contributed by atoms with van der Waals surface area (Å²) in [4.78, 5) is 24.0. The maximum Gasteiger partial charge on any atom is 0.195 e. The van der Waals surface area contributed by atoms with Crippen molar-refractivity contribution >= 4 is 33.8 Å². The Morgan fingerprint density at radius 2 is 1.56 bits per heavy atom. The maximum absolute atomic E-state index is 13.9. The van der Waals surface area contributed by atoms with Gasteiger partial charge >= 0.3 is 0 Å². The minimum atomic E-state index is -0.900. The highest BCUT2D eigenvalue weighted by Gasteiger charge is 2.48. The van der Waals surface area contributed by atoms with Crippen LogP contribution >= 0.6 is 0 Å². The van der Waals surface area contributed by atoms with Gasteiger partial charge in [-0.1, -0.05) is 30.3 Å². The predicted octanol–water partition coefficient (Wildman–Crippen LogP) is 5.23. The smallest absolute Gasteiger partial charge is 0.195 e. The summed E-state index contributed by atoms with van der Waals surface area (Å²) in [5.74, 6) is 2.38. The van der Waals surface area contributed by atoms with Gasteiger partial charge in [-0.2, -0.15) is 0 Å². The molecular formula is C27H26N4O3. The van der Waals surface area contributed by atoms with E-state index in [-0.39, 0.29) is 5.78 Å². The number of carbonyl (C=O) groups excluding carboxylic acids is 1. The number of fused-ring (bicyclic) bond motifs is 1. The molecule has 0 radical (unpaired) electrons. The van der Waals surface area contributed by atoms with Crippen LogP contribution in [0.3, 0.4) is 0 Å². The van der Waals surface area contributed by atoms with Crippen LogP contribution in [0.4, 0.5) is 11.4 Å². The number of rotatable bonds is 6. The third kappa shape index (κ3) is 3.55. The molecule has 2 heterocycles. The summed E-state index contributed by atoms with van der Waals surface area (Å²) < 4.78 is 11.0. The molecule has 0 amide bonds. The predicted molar refractivity (Wildman–Crippen MR) is 134 cm³/mol. The van der Waals surface area contributed by atoms with Crippen molar-refractivity contribution in [2.75, 3.05) is 24.4 Å². The van der Waals surface area contributed by atoms with E-state index in [1.807, 2.05) is 91.5 Å². The Morgan fingerprint density at radius 3 is 2.21 bits per heavy atom. The Labute approximate surface area is 198 Å². The van der Waals surface area contributed by atoms with Gasteiger partial charge in [0.2, 0.25) is 0 Å². The summed E-state index contributed by atoms with van der Waals surface area (Å²) in [7, 11) is 3.22. The summed E-state index contributed by atoms with van der Waals surface area (Å²) in [6, 6.07) is 23.1. The van der Waals surface area contributed by atoms with Gasteiger partial charge < -0.3 is 24.7 Å². The SMILES string of the molecule is COc1cc(OC)cc(N2C(Nc3ccccc3)=C(c3nc4ccccc4[nH]3)C(=O)C2(C)C)c1. The van der Waals surface area contributed by atoms with E-state index >= 15 is 0 Å². The maximum atomic E-state index is 13.9. The molecule has 1 aliphatic rings. The number of carbonyl (C=O) groups is 1. The average Bonchev–Trinajstić information content (AvgIpc) is 3.35. The number of Topliss-reactive ketones (excluding diaryl/α,β-unsaturated/α-hetero) is 1. The molecule has 0 spiro atoms. The molecule has 34 heavy (non-hydrogen) atoms. The number of ether oxygens (including phenoxy) is 2. The van der Waals surface area contributed by atoms with E-state index in [1.165, 1.54) is 0 Å². The largest absolute Gasteiger partial charge is 0.497 e. The second-order valence-corrected chi connectivity index (χ2v) is 8.61. The summed E-state index contributed by atoms with van der Waals surface area (Å²) in [6.07, 6.45) is 0. The molecule has 172 valence electrons. The molecule has 0 saturated heterocycles. The summed E-state index contributed by atoms with van der Waals surface area (Å²) in [5.41, 5.74) is 2.89. The zero-order valence-electron chi connectivity index (χ0n) is 19.5. The fourth-order valence-electron chi connectivity index (χ4n) is 4.35. The number of H-pyrrole nitrogens is 1. The molecule has 1 aromatic heterocycles. The lowest BCUT2D eigenvalue weighted by atomic mass is 9.95. The fraction of sp³-hybridized carbons (Fsp3) is 0.185. The average molecular weight is 455 g/mol. The van der Waals surface area contributed by atoms with Crippen molar-refractivity contribution in [2.24, 2.45) is 0 Å². The number of nitrogens with zero attached hydrogens (tertiary/aromatic N) is 2. The molecule has 2 N–H and O–H groups in total. The van der Waals surface area contributed by atoms with Crippen molar-refractivity contribution in [1.82, 2.24) is 9.97 Å². The molecule has 0 unspecified atom stereocenters. The Balaban J connectivity index is 1.75. The molecular weight excluding hydrogens is 428 g/mol. The van der Waals surface area contributed by atoms with Crippen LogP contribution in [0.2, 0.25) is 0 Å². The number of aromatic amines is 1. The first-order valence-electron chi connectivity index (χ1n) is 11.0. The third-order valence-electron chi connectivity index (χ3n) is 6.06. The minimum absolute atomic E-state index is 0.0493. The van der Waals surface area contributed by atoms with Crippen molar-refractivity contribution in [3.63, 3.8) is 0 Å². The lowest BCUT2D eigenvalue weighted by Gasteiger charge is -2.35. The van der Waals surface area contributed by atoms with E-state index in [4.69, 9.17) is 14.5 Å². The molecule has 0 aliphatic carbocycles. The topological polar surface area (TPSA) is 79.5 Å². The standard InChI is InChI=1S/C27H26N4O3/c1-27(2)24(32)23(25-29-21-12-8-9-13-22(21)30-25)26(28-17-10-6-5-7-11-17)31(27)18-14-19(33-3)16-20(15-18)34-4/h5-16,28H,1-4H3,(H,29,30). The normalized spacial score (nSPS) is 15.2. The lowest BCUT2D eigenvalue weighted by molar-refractivity contribution is -0.116. The quantitative estimate of drug-likeness (QED) is 0.415. The zero-order valence-corrected chi connectivity index (χ0v) is 19.5. The first kappa shape index (κ1) is 21.6. The molecule has 7 nitrogen and oxygen atoms in total. The van der Waals surface area contributed by atoms with Crippen molar-refractivity contribution in [3.8, 4) is 11.5 Å². The Hall–Kier alpha value is -4.26. The van der Waals surface area contributed by atoms with E-state index in [1.54, 1.807) is 14.2 Å². The number of nitrogens with one attached hydrogen (secondary N) is 2. The van der Waals surface area contributed by atoms with Gasteiger partial charge in [-0.3, -0.25) is 4.79 Å². The summed E-state index contributed by atoms with van der Waals surface area (Å²) in [5, 5.41) is 3.49. The highest BCUT2D eigenvalue weighted by atomic mass is 16.5. The van der Waals surface area contributed by atoms with Gasteiger partial charge in [-0.15, -0.1) is 0 Å². The van der Waals surface area contributed by atoms with Crippen LogP contribution in [0.25, 0.3) is 16.6 Å². The number of hydrogen-bond donors (Lipinski definition) is 2. The second kappa shape index (κ2) is 8.26. The van der Waals surface area contributed by atoms with Gasteiger partial charge in [0.05, 0.1) is 30.9 Å². The second-order valence-electron chi connectivity index (χ2n) is 8.61. The Kier molecular flexibility index (Phi) is 5.24. The lowest BCUT2D eigenvalue weighted by Crippen LogP contribution is -2.45. The molecule has 0 atom stereocenters. The number of hydrogen-bond acceptors (Lipinski definition) is 6. The van der Waals surface area contributed by atoms with E-state index in [2.05, 4.69) is 10.3 Å². The number of imidazole rings is 1. The number of aromatic nitrogens is 2. The number of benzene rings is 3. The first-order valence-corrected chi connectivity index (χ1v) is 11.0.